The predicted octanol–water partition coefficient (Wildman–Crippen LogP) is 13.6. The van der Waals surface area contributed by atoms with Gasteiger partial charge in [-0.05, 0) is 73.5 Å². The fourth-order valence-corrected chi connectivity index (χ4v) is 8.59. The van der Waals surface area contributed by atoms with E-state index in [2.05, 4.69) is 140 Å². The van der Waals surface area contributed by atoms with Gasteiger partial charge in [0.2, 0.25) is 0 Å². The normalized spacial score (nSPS) is 11.8. The fraction of sp³-hybridized carbons (Fsp3) is 0. The Labute approximate surface area is 304 Å². The van der Waals surface area contributed by atoms with Crippen molar-refractivity contribution < 1.29 is 4.42 Å². The van der Waals surface area contributed by atoms with Crippen LogP contribution in [0.5, 0.6) is 0 Å². The van der Waals surface area contributed by atoms with Crippen molar-refractivity contribution in [3.63, 3.8) is 0 Å². The Balaban J connectivity index is 1.24. The van der Waals surface area contributed by atoms with Crippen LogP contribution in [0.15, 0.2) is 174 Å². The summed E-state index contributed by atoms with van der Waals surface area (Å²) >= 11 is 0. The van der Waals surface area contributed by atoms with Gasteiger partial charge in [-0.2, -0.15) is 5.26 Å². The van der Waals surface area contributed by atoms with Crippen molar-refractivity contribution in [1.82, 2.24) is 4.98 Å². The van der Waals surface area contributed by atoms with Crippen LogP contribution in [0.4, 0.5) is 0 Å². The van der Waals surface area contributed by atoms with Crippen molar-refractivity contribution in [2.45, 2.75) is 0 Å². The largest absolute Gasteiger partial charge is 0.455 e. The lowest BCUT2D eigenvalue weighted by atomic mass is 9.84. The highest BCUT2D eigenvalue weighted by molar-refractivity contribution is 6.27. The minimum Gasteiger partial charge on any atom is -0.455 e. The molecule has 11 rings (SSSR count). The second-order valence-corrected chi connectivity index (χ2v) is 13.7. The van der Waals surface area contributed by atoms with E-state index in [0.29, 0.717) is 5.56 Å². The molecule has 0 unspecified atom stereocenters. The van der Waals surface area contributed by atoms with Gasteiger partial charge in [-0.1, -0.05) is 146 Å². The molecule has 0 N–H and O–H groups in total. The highest BCUT2D eigenvalue weighted by atomic mass is 16.3. The number of nitriles is 1. The number of furan rings is 1. The topological polar surface area (TPSA) is 49.8 Å². The molecule has 0 fully saturated rings. The zero-order valence-electron chi connectivity index (χ0n) is 28.5. The first-order chi connectivity index (χ1) is 26.3. The van der Waals surface area contributed by atoms with Crippen LogP contribution in [0.25, 0.3) is 109 Å². The Hall–Kier alpha value is -7.28. The Morgan fingerprint density at radius 3 is 1.74 bits per heavy atom. The number of fused-ring (bicyclic) bond motifs is 10. The molecule has 0 amide bonds. The van der Waals surface area contributed by atoms with Crippen LogP contribution in [0.2, 0.25) is 0 Å². The quantitative estimate of drug-likeness (QED) is 0.139. The molecular weight excluding hydrogens is 645 g/mol. The van der Waals surface area contributed by atoms with E-state index in [1.807, 2.05) is 36.4 Å². The summed E-state index contributed by atoms with van der Waals surface area (Å²) in [5, 5.41) is 22.0. The molecule has 0 saturated carbocycles. The summed E-state index contributed by atoms with van der Waals surface area (Å²) in [5.41, 5.74) is 9.92. The predicted molar refractivity (Wildman–Crippen MR) is 220 cm³/mol. The molecule has 9 aromatic carbocycles. The molecule has 0 radical (unpaired) electrons. The molecule has 3 nitrogen and oxygen atoms in total. The van der Waals surface area contributed by atoms with Crippen molar-refractivity contribution in [2.24, 2.45) is 0 Å². The van der Waals surface area contributed by atoms with Crippen molar-refractivity contribution in [3.05, 3.63) is 175 Å². The average molecular weight is 673 g/mol. The molecule has 0 spiro atoms. The summed E-state index contributed by atoms with van der Waals surface area (Å²) in [6.07, 6.45) is 0. The van der Waals surface area contributed by atoms with Crippen LogP contribution in [0.3, 0.4) is 0 Å². The van der Waals surface area contributed by atoms with Gasteiger partial charge in [-0.15, -0.1) is 0 Å². The lowest BCUT2D eigenvalue weighted by molar-refractivity contribution is 0.673. The van der Waals surface area contributed by atoms with Crippen molar-refractivity contribution in [1.29, 1.82) is 5.26 Å². The minimum atomic E-state index is 0.681. The summed E-state index contributed by atoms with van der Waals surface area (Å²) in [7, 11) is 0. The molecule has 0 aliphatic heterocycles. The minimum absolute atomic E-state index is 0.681. The first-order valence-electron chi connectivity index (χ1n) is 17.9. The third-order valence-electron chi connectivity index (χ3n) is 10.9. The monoisotopic (exact) mass is 672 g/mol. The third kappa shape index (κ3) is 4.30. The van der Waals surface area contributed by atoms with E-state index >= 15 is 0 Å². The Morgan fingerprint density at radius 2 is 1.02 bits per heavy atom. The summed E-state index contributed by atoms with van der Waals surface area (Å²) in [4.78, 5) is 5.43. The maximum Gasteiger partial charge on any atom is 0.144 e. The molecule has 11 aromatic rings. The van der Waals surface area contributed by atoms with Crippen LogP contribution in [0.1, 0.15) is 5.56 Å². The third-order valence-corrected chi connectivity index (χ3v) is 10.9. The van der Waals surface area contributed by atoms with E-state index < -0.39 is 0 Å². The molecular formula is C50H28N2O. The van der Waals surface area contributed by atoms with Gasteiger partial charge in [0, 0.05) is 37.9 Å². The van der Waals surface area contributed by atoms with Crippen LogP contribution in [0, 0.1) is 11.3 Å². The van der Waals surface area contributed by atoms with E-state index in [4.69, 9.17) is 9.40 Å². The Bertz CT molecular complexity index is 3290. The molecule has 0 aliphatic rings. The summed E-state index contributed by atoms with van der Waals surface area (Å²) in [6, 6.07) is 62.0. The summed E-state index contributed by atoms with van der Waals surface area (Å²) in [6.45, 7) is 0. The number of para-hydroxylation sites is 1. The molecule has 0 saturated heterocycles. The molecule has 0 atom stereocenters. The van der Waals surface area contributed by atoms with Gasteiger partial charge in [0.25, 0.3) is 0 Å². The van der Waals surface area contributed by atoms with Crippen molar-refractivity contribution >= 4 is 75.9 Å². The van der Waals surface area contributed by atoms with Gasteiger partial charge >= 0.3 is 0 Å². The molecule has 53 heavy (non-hydrogen) atoms. The fourth-order valence-electron chi connectivity index (χ4n) is 8.59. The van der Waals surface area contributed by atoms with Gasteiger partial charge in [-0.3, -0.25) is 0 Å². The first kappa shape index (κ1) is 29.5. The van der Waals surface area contributed by atoms with Crippen molar-refractivity contribution in [2.75, 3.05) is 0 Å². The number of pyridine rings is 1. The van der Waals surface area contributed by atoms with Gasteiger partial charge in [0.15, 0.2) is 0 Å². The Morgan fingerprint density at radius 1 is 0.434 bits per heavy atom. The lowest BCUT2D eigenvalue weighted by Gasteiger charge is -2.19. The highest BCUT2D eigenvalue weighted by Crippen LogP contribution is 2.47. The number of rotatable bonds is 3. The van der Waals surface area contributed by atoms with Gasteiger partial charge < -0.3 is 4.42 Å². The maximum atomic E-state index is 9.94. The standard InChI is InChI=1S/C50H28N2O/c51-29-32-23-24-40(34-15-5-4-14-33(32)34)47-38-19-8-6-17-36(38)46(37-18-7-9-20-39(37)47)31-22-25-42-44(28-31)52-49(30-12-2-1-3-13-30)43-27-26-41-35-16-10-11-21-45(35)53-50(41)48(42)43/h1-28H. The van der Waals surface area contributed by atoms with Gasteiger partial charge in [0.1, 0.15) is 11.2 Å². The smallest absolute Gasteiger partial charge is 0.144 e. The SMILES string of the molecule is N#Cc1ccc(-c2c3ccccc3c(-c3ccc4c(c3)nc(-c3ccccc3)c3ccc5c6ccccc6oc5c34)c3ccccc23)c2ccccc12. The average Bonchev–Trinajstić information content (AvgIpc) is 3.61. The maximum absolute atomic E-state index is 9.94. The van der Waals surface area contributed by atoms with Crippen LogP contribution >= 0.6 is 0 Å². The lowest BCUT2D eigenvalue weighted by Crippen LogP contribution is -1.94. The van der Waals surface area contributed by atoms with Crippen LogP contribution < -0.4 is 0 Å². The summed E-state index contributed by atoms with van der Waals surface area (Å²) in [5.74, 6) is 0. The van der Waals surface area contributed by atoms with Crippen molar-refractivity contribution in [3.8, 4) is 39.6 Å². The van der Waals surface area contributed by atoms with E-state index in [9.17, 15) is 5.26 Å². The van der Waals surface area contributed by atoms with Crippen LogP contribution in [-0.4, -0.2) is 4.98 Å². The van der Waals surface area contributed by atoms with Crippen LogP contribution in [-0.2, 0) is 0 Å². The molecule has 2 heterocycles. The molecule has 244 valence electrons. The molecule has 2 aromatic heterocycles. The number of hydrogen-bond acceptors (Lipinski definition) is 3. The number of nitrogens with zero attached hydrogens (tertiary/aromatic N) is 2. The van der Waals surface area contributed by atoms with E-state index in [1.54, 1.807) is 0 Å². The van der Waals surface area contributed by atoms with Gasteiger partial charge in [-0.25, -0.2) is 4.98 Å². The molecule has 0 aliphatic carbocycles. The van der Waals surface area contributed by atoms with E-state index in [0.717, 1.165) is 98.3 Å². The second-order valence-electron chi connectivity index (χ2n) is 13.7. The van der Waals surface area contributed by atoms with E-state index in [1.165, 1.54) is 11.1 Å². The second kappa shape index (κ2) is 11.4. The zero-order chi connectivity index (χ0) is 35.0. The highest BCUT2D eigenvalue weighted by Gasteiger charge is 2.21. The van der Waals surface area contributed by atoms with E-state index in [-0.39, 0.29) is 0 Å². The first-order valence-corrected chi connectivity index (χ1v) is 17.9. The summed E-state index contributed by atoms with van der Waals surface area (Å²) < 4.78 is 6.65. The van der Waals surface area contributed by atoms with Gasteiger partial charge in [0.05, 0.1) is 22.8 Å². The molecule has 0 bridgehead atoms. The number of hydrogen-bond donors (Lipinski definition) is 0. The number of aromatic nitrogens is 1. The Kier molecular flexibility index (Phi) is 6.32. The molecule has 3 heteroatoms. The zero-order valence-corrected chi connectivity index (χ0v) is 28.5. The number of benzene rings is 9.